The Kier molecular flexibility index (Phi) is 8.01. The number of nitrogen functional groups attached to an aromatic ring is 1. The lowest BCUT2D eigenvalue weighted by Crippen LogP contribution is -2.46. The summed E-state index contributed by atoms with van der Waals surface area (Å²) in [7, 11) is 0. The number of para-hydroxylation sites is 2. The Hall–Kier alpha value is -2.16. The van der Waals surface area contributed by atoms with E-state index in [0.717, 1.165) is 31.7 Å². The summed E-state index contributed by atoms with van der Waals surface area (Å²) in [5.41, 5.74) is 7.70. The molecule has 3 rings (SSSR count). The normalized spacial score (nSPS) is 14.3. The third-order valence-corrected chi connectivity index (χ3v) is 4.20. The maximum absolute atomic E-state index is 11.2. The first kappa shape index (κ1) is 21.9. The number of nitro groups is 1. The predicted molar refractivity (Wildman–Crippen MR) is 106 cm³/mol. The second-order valence-electron chi connectivity index (χ2n) is 5.84. The summed E-state index contributed by atoms with van der Waals surface area (Å²) < 4.78 is 0. The molecule has 0 radical (unpaired) electrons. The maximum Gasteiger partial charge on any atom is 0.292 e. The van der Waals surface area contributed by atoms with Crippen LogP contribution in [-0.2, 0) is 6.54 Å². The highest BCUT2D eigenvalue weighted by molar-refractivity contribution is 5.85. The van der Waals surface area contributed by atoms with E-state index in [1.54, 1.807) is 24.4 Å². The van der Waals surface area contributed by atoms with Crippen LogP contribution >= 0.6 is 24.8 Å². The lowest BCUT2D eigenvalue weighted by atomic mass is 10.2. The second kappa shape index (κ2) is 9.51. The van der Waals surface area contributed by atoms with Gasteiger partial charge in [-0.05, 0) is 13.0 Å². The van der Waals surface area contributed by atoms with Gasteiger partial charge in [-0.25, -0.2) is 9.97 Å². The Morgan fingerprint density at radius 2 is 1.85 bits per heavy atom. The molecule has 0 spiro atoms. The molecule has 1 saturated heterocycles. The van der Waals surface area contributed by atoms with E-state index in [-0.39, 0.29) is 35.4 Å². The van der Waals surface area contributed by atoms with Gasteiger partial charge in [0.1, 0.15) is 17.3 Å². The third-order valence-electron chi connectivity index (χ3n) is 4.20. The molecular weight excluding hydrogens is 379 g/mol. The van der Waals surface area contributed by atoms with Crippen LogP contribution in [0.3, 0.4) is 0 Å². The Morgan fingerprint density at radius 1 is 1.19 bits per heavy atom. The summed E-state index contributed by atoms with van der Waals surface area (Å²) in [6.07, 6.45) is 1.77. The predicted octanol–water partition coefficient (Wildman–Crippen LogP) is 2.44. The molecule has 1 fully saturated rings. The van der Waals surface area contributed by atoms with Gasteiger partial charge in [-0.15, -0.1) is 24.8 Å². The van der Waals surface area contributed by atoms with Crippen LogP contribution in [0.2, 0.25) is 0 Å². The van der Waals surface area contributed by atoms with Crippen molar-refractivity contribution < 1.29 is 4.92 Å². The van der Waals surface area contributed by atoms with E-state index in [1.807, 2.05) is 13.0 Å². The van der Waals surface area contributed by atoms with Crippen molar-refractivity contribution >= 4 is 42.0 Å². The number of halogens is 2. The van der Waals surface area contributed by atoms with Gasteiger partial charge in [-0.3, -0.25) is 15.0 Å². The van der Waals surface area contributed by atoms with Gasteiger partial charge >= 0.3 is 0 Å². The van der Waals surface area contributed by atoms with Gasteiger partial charge in [-0.2, -0.15) is 0 Å². The monoisotopic (exact) mass is 400 g/mol. The van der Waals surface area contributed by atoms with Gasteiger partial charge < -0.3 is 10.6 Å². The number of nitrogens with two attached hydrogens (primary N) is 1. The number of nitrogens with zero attached hydrogens (tertiary/aromatic N) is 5. The Labute approximate surface area is 164 Å². The van der Waals surface area contributed by atoms with Crippen molar-refractivity contribution in [2.75, 3.05) is 36.8 Å². The van der Waals surface area contributed by atoms with E-state index >= 15 is 0 Å². The summed E-state index contributed by atoms with van der Waals surface area (Å²) in [4.78, 5) is 23.6. The van der Waals surface area contributed by atoms with Crippen molar-refractivity contribution in [2.45, 2.75) is 13.5 Å². The lowest BCUT2D eigenvalue weighted by molar-refractivity contribution is -0.384. The number of aromatic nitrogens is 2. The van der Waals surface area contributed by atoms with Crippen molar-refractivity contribution in [2.24, 2.45) is 0 Å². The van der Waals surface area contributed by atoms with E-state index in [0.29, 0.717) is 23.9 Å². The first-order valence-corrected chi connectivity index (χ1v) is 7.83. The zero-order chi connectivity index (χ0) is 17.1. The van der Waals surface area contributed by atoms with Crippen LogP contribution in [0.4, 0.5) is 17.2 Å². The maximum atomic E-state index is 11.2. The number of anilines is 2. The molecular formula is C16H22Cl2N6O2. The largest absolute Gasteiger partial charge is 0.383 e. The van der Waals surface area contributed by atoms with Crippen LogP contribution in [0.1, 0.15) is 11.4 Å². The number of nitro benzene ring substituents is 1. The van der Waals surface area contributed by atoms with Gasteiger partial charge in [0, 0.05) is 50.6 Å². The number of piperazine rings is 1. The molecule has 0 aliphatic carbocycles. The number of rotatable bonds is 4. The summed E-state index contributed by atoms with van der Waals surface area (Å²) in [5.74, 6) is 1.18. The number of hydrogen-bond donors (Lipinski definition) is 1. The fourth-order valence-corrected chi connectivity index (χ4v) is 2.91. The molecule has 1 aliphatic heterocycles. The van der Waals surface area contributed by atoms with Gasteiger partial charge in [0.05, 0.1) is 4.92 Å². The highest BCUT2D eigenvalue weighted by Crippen LogP contribution is 2.28. The molecule has 26 heavy (non-hydrogen) atoms. The van der Waals surface area contributed by atoms with Crippen molar-refractivity contribution in [3.63, 3.8) is 0 Å². The van der Waals surface area contributed by atoms with Crippen LogP contribution in [0.25, 0.3) is 0 Å². The molecule has 2 aromatic rings. The van der Waals surface area contributed by atoms with Gasteiger partial charge in [-0.1, -0.05) is 12.1 Å². The summed E-state index contributed by atoms with van der Waals surface area (Å²) in [6, 6.07) is 6.88. The van der Waals surface area contributed by atoms with Crippen molar-refractivity contribution in [3.05, 3.63) is 52.0 Å². The molecule has 0 bridgehead atoms. The quantitative estimate of drug-likeness (QED) is 0.620. The Bertz CT molecular complexity index is 753. The minimum absolute atomic E-state index is 0. The molecule has 0 amide bonds. The van der Waals surface area contributed by atoms with Crippen LogP contribution < -0.4 is 10.6 Å². The first-order valence-electron chi connectivity index (χ1n) is 7.83. The molecule has 10 heteroatoms. The van der Waals surface area contributed by atoms with Gasteiger partial charge in [0.2, 0.25) is 0 Å². The van der Waals surface area contributed by atoms with E-state index in [1.165, 1.54) is 0 Å². The molecule has 2 heterocycles. The van der Waals surface area contributed by atoms with Crippen molar-refractivity contribution in [3.8, 4) is 0 Å². The molecule has 0 saturated carbocycles. The average Bonchev–Trinajstić information content (AvgIpc) is 2.58. The first-order chi connectivity index (χ1) is 11.5. The molecule has 1 aromatic heterocycles. The third kappa shape index (κ3) is 4.94. The molecule has 1 aromatic carbocycles. The van der Waals surface area contributed by atoms with Crippen molar-refractivity contribution in [1.29, 1.82) is 0 Å². The van der Waals surface area contributed by atoms with Crippen molar-refractivity contribution in [1.82, 2.24) is 14.9 Å². The van der Waals surface area contributed by atoms with Crippen LogP contribution in [0, 0.1) is 17.0 Å². The van der Waals surface area contributed by atoms with E-state index in [9.17, 15) is 10.1 Å². The van der Waals surface area contributed by atoms with Gasteiger partial charge in [0.25, 0.3) is 5.69 Å². The molecule has 8 nitrogen and oxygen atoms in total. The fourth-order valence-electron chi connectivity index (χ4n) is 2.91. The average molecular weight is 401 g/mol. The Balaban J connectivity index is 0.00000169. The molecule has 0 atom stereocenters. The number of hydrogen-bond acceptors (Lipinski definition) is 7. The van der Waals surface area contributed by atoms with E-state index in [2.05, 4.69) is 19.8 Å². The second-order valence-corrected chi connectivity index (χ2v) is 5.84. The highest BCUT2D eigenvalue weighted by Gasteiger charge is 2.23. The smallest absolute Gasteiger partial charge is 0.292 e. The zero-order valence-electron chi connectivity index (χ0n) is 14.4. The van der Waals surface area contributed by atoms with Crippen LogP contribution in [-0.4, -0.2) is 46.0 Å². The van der Waals surface area contributed by atoms with E-state index < -0.39 is 0 Å². The van der Waals surface area contributed by atoms with Crippen LogP contribution in [0.5, 0.6) is 0 Å². The Morgan fingerprint density at radius 3 is 2.46 bits per heavy atom. The number of aryl methyl sites for hydroxylation is 1. The minimum Gasteiger partial charge on any atom is -0.383 e. The summed E-state index contributed by atoms with van der Waals surface area (Å²) >= 11 is 0. The SMILES string of the molecule is Cc1ncc(CN2CCN(c3ccccc3[N+](=O)[O-])CC2)c(N)n1.Cl.Cl. The highest BCUT2D eigenvalue weighted by atomic mass is 35.5. The fraction of sp³-hybridized carbons (Fsp3) is 0.375. The molecule has 2 N–H and O–H groups in total. The minimum atomic E-state index is -0.327. The summed E-state index contributed by atoms with van der Waals surface area (Å²) in [5, 5.41) is 11.2. The molecule has 142 valence electrons. The summed E-state index contributed by atoms with van der Waals surface area (Å²) in [6.45, 7) is 5.58. The zero-order valence-corrected chi connectivity index (χ0v) is 16.0. The lowest BCUT2D eigenvalue weighted by Gasteiger charge is -2.35. The van der Waals surface area contributed by atoms with Gasteiger partial charge in [0.15, 0.2) is 0 Å². The topological polar surface area (TPSA) is 101 Å². The molecule has 1 aliphatic rings. The number of benzene rings is 1. The standard InChI is InChI=1S/C16H20N6O2.2ClH/c1-12-18-10-13(16(17)19-12)11-20-6-8-21(9-7-20)14-4-2-3-5-15(14)22(23)24;;/h2-5,10H,6-9,11H2,1H3,(H2,17,18,19);2*1H. The van der Waals surface area contributed by atoms with E-state index in [4.69, 9.17) is 5.73 Å². The van der Waals surface area contributed by atoms with Crippen LogP contribution in [0.15, 0.2) is 30.5 Å². The molecule has 0 unspecified atom stereocenters.